The summed E-state index contributed by atoms with van der Waals surface area (Å²) in [6.45, 7) is 12.9. The lowest BCUT2D eigenvalue weighted by Crippen LogP contribution is -2.49. The van der Waals surface area contributed by atoms with Gasteiger partial charge in [-0.2, -0.15) is 0 Å². The molecule has 0 aromatic heterocycles. The van der Waals surface area contributed by atoms with E-state index in [0.29, 0.717) is 12.1 Å². The van der Waals surface area contributed by atoms with Crippen molar-refractivity contribution in [2.75, 3.05) is 32.8 Å². The highest BCUT2D eigenvalue weighted by molar-refractivity contribution is 4.84. The lowest BCUT2D eigenvalue weighted by molar-refractivity contribution is 0.0668. The maximum atomic E-state index is 9.56. The number of rotatable bonds is 7. The number of hydrogen-bond donors (Lipinski definition) is 2. The first-order valence-corrected chi connectivity index (χ1v) is 7.68. The van der Waals surface area contributed by atoms with Crippen LogP contribution < -0.4 is 5.32 Å². The molecule has 0 aromatic rings. The van der Waals surface area contributed by atoms with Gasteiger partial charge in [0.15, 0.2) is 0 Å². The third kappa shape index (κ3) is 6.70. The third-order valence-corrected chi connectivity index (χ3v) is 3.73. The third-order valence-electron chi connectivity index (χ3n) is 3.73. The van der Waals surface area contributed by atoms with Gasteiger partial charge in [0.1, 0.15) is 0 Å². The van der Waals surface area contributed by atoms with E-state index in [0.717, 1.165) is 45.5 Å². The van der Waals surface area contributed by atoms with Gasteiger partial charge in [-0.25, -0.2) is 0 Å². The maximum Gasteiger partial charge on any atom is 0.0673 e. The summed E-state index contributed by atoms with van der Waals surface area (Å²) >= 11 is 0. The number of hydrogen-bond acceptors (Lipinski definition) is 4. The molecule has 1 heterocycles. The Hall–Kier alpha value is -0.160. The van der Waals surface area contributed by atoms with E-state index in [1.54, 1.807) is 0 Å². The van der Waals surface area contributed by atoms with Crippen molar-refractivity contribution in [2.24, 2.45) is 0 Å². The first-order chi connectivity index (χ1) is 8.95. The molecule has 1 fully saturated rings. The van der Waals surface area contributed by atoms with Crippen LogP contribution in [0.1, 0.15) is 47.0 Å². The largest absolute Gasteiger partial charge is 0.394 e. The summed E-state index contributed by atoms with van der Waals surface area (Å²) < 4.78 is 5.66. The summed E-state index contributed by atoms with van der Waals surface area (Å²) in [6.07, 6.45) is 3.60. The molecule has 0 aliphatic carbocycles. The Labute approximate surface area is 118 Å². The first kappa shape index (κ1) is 16.9. The Bertz CT molecular complexity index is 248. The van der Waals surface area contributed by atoms with Gasteiger partial charge in [-0.3, -0.25) is 0 Å². The van der Waals surface area contributed by atoms with Crippen molar-refractivity contribution < 1.29 is 9.84 Å². The molecule has 0 radical (unpaired) electrons. The quantitative estimate of drug-likeness (QED) is 0.739. The summed E-state index contributed by atoms with van der Waals surface area (Å²) in [7, 11) is 0. The highest BCUT2D eigenvalue weighted by Gasteiger charge is 2.24. The molecule has 19 heavy (non-hydrogen) atoms. The van der Waals surface area contributed by atoms with Crippen molar-refractivity contribution in [3.8, 4) is 0 Å². The zero-order valence-electron chi connectivity index (χ0n) is 13.1. The fourth-order valence-corrected chi connectivity index (χ4v) is 2.87. The second-order valence-corrected chi connectivity index (χ2v) is 6.46. The molecule has 1 aliphatic rings. The molecule has 1 rings (SSSR count). The van der Waals surface area contributed by atoms with Gasteiger partial charge in [0.2, 0.25) is 0 Å². The normalized spacial score (nSPS) is 25.3. The van der Waals surface area contributed by atoms with Crippen molar-refractivity contribution in [1.82, 2.24) is 10.2 Å². The number of nitrogens with zero attached hydrogens (tertiary/aromatic N) is 1. The van der Waals surface area contributed by atoms with Crippen molar-refractivity contribution in [1.29, 1.82) is 0 Å². The van der Waals surface area contributed by atoms with Crippen LogP contribution in [0.15, 0.2) is 0 Å². The predicted octanol–water partition coefficient (Wildman–Crippen LogP) is 1.63. The summed E-state index contributed by atoms with van der Waals surface area (Å²) in [5.41, 5.74) is -0.151. The maximum absolute atomic E-state index is 9.56. The van der Waals surface area contributed by atoms with Crippen molar-refractivity contribution in [3.63, 3.8) is 0 Å². The Morgan fingerprint density at radius 3 is 2.84 bits per heavy atom. The van der Waals surface area contributed by atoms with Gasteiger partial charge < -0.3 is 20.1 Å². The van der Waals surface area contributed by atoms with E-state index in [1.165, 1.54) is 0 Å². The van der Waals surface area contributed by atoms with E-state index in [9.17, 15) is 5.11 Å². The number of aliphatic hydroxyl groups is 1. The first-order valence-electron chi connectivity index (χ1n) is 7.68. The fourth-order valence-electron chi connectivity index (χ4n) is 2.87. The van der Waals surface area contributed by atoms with Gasteiger partial charge >= 0.3 is 0 Å². The average Bonchev–Trinajstić information content (AvgIpc) is 2.53. The molecule has 0 spiro atoms. The summed E-state index contributed by atoms with van der Waals surface area (Å²) in [4.78, 5) is 2.49. The Balaban J connectivity index is 2.30. The molecule has 2 unspecified atom stereocenters. The second kappa shape index (κ2) is 8.20. The highest BCUT2D eigenvalue weighted by atomic mass is 16.5. The number of nitrogens with one attached hydrogen (secondary N) is 1. The molecule has 0 amide bonds. The SMILES string of the molecule is CC(C)NC(C)(CO)CCCN1CCCOC(C)C1. The molecule has 1 aliphatic heterocycles. The van der Waals surface area contributed by atoms with Crippen molar-refractivity contribution in [2.45, 2.75) is 64.6 Å². The standard InChI is InChI=1S/C15H32N2O2/c1-13(2)16-15(4,12-18)7-5-8-17-9-6-10-19-14(3)11-17/h13-14,16,18H,5-12H2,1-4H3. The summed E-state index contributed by atoms with van der Waals surface area (Å²) in [5.74, 6) is 0. The van der Waals surface area contributed by atoms with Gasteiger partial charge in [0.05, 0.1) is 12.7 Å². The molecule has 0 saturated carbocycles. The minimum Gasteiger partial charge on any atom is -0.394 e. The van der Waals surface area contributed by atoms with Crippen LogP contribution in [0.2, 0.25) is 0 Å². The average molecular weight is 272 g/mol. The van der Waals surface area contributed by atoms with E-state index < -0.39 is 0 Å². The van der Waals surface area contributed by atoms with E-state index in [1.807, 2.05) is 0 Å². The van der Waals surface area contributed by atoms with Crippen molar-refractivity contribution in [3.05, 3.63) is 0 Å². The minimum atomic E-state index is -0.151. The van der Waals surface area contributed by atoms with E-state index >= 15 is 0 Å². The van der Waals surface area contributed by atoms with Crippen LogP contribution >= 0.6 is 0 Å². The van der Waals surface area contributed by atoms with Gasteiger partial charge in [0.25, 0.3) is 0 Å². The Kier molecular flexibility index (Phi) is 7.29. The van der Waals surface area contributed by atoms with E-state index in [-0.39, 0.29) is 12.1 Å². The van der Waals surface area contributed by atoms with Crippen LogP contribution in [0.4, 0.5) is 0 Å². The van der Waals surface area contributed by atoms with Crippen LogP contribution in [-0.4, -0.2) is 60.5 Å². The Morgan fingerprint density at radius 1 is 1.47 bits per heavy atom. The van der Waals surface area contributed by atoms with Gasteiger partial charge in [-0.05, 0) is 39.7 Å². The lowest BCUT2D eigenvalue weighted by atomic mass is 9.95. The highest BCUT2D eigenvalue weighted by Crippen LogP contribution is 2.14. The van der Waals surface area contributed by atoms with Crippen LogP contribution in [-0.2, 0) is 4.74 Å². The monoisotopic (exact) mass is 272 g/mol. The molecule has 2 N–H and O–H groups in total. The van der Waals surface area contributed by atoms with Crippen LogP contribution in [0, 0.1) is 0 Å². The van der Waals surface area contributed by atoms with Crippen LogP contribution in [0.5, 0.6) is 0 Å². The summed E-state index contributed by atoms with van der Waals surface area (Å²) in [5, 5.41) is 13.0. The zero-order chi connectivity index (χ0) is 14.3. The van der Waals surface area contributed by atoms with Crippen LogP contribution in [0.25, 0.3) is 0 Å². The molecular formula is C15H32N2O2. The molecular weight excluding hydrogens is 240 g/mol. The number of ether oxygens (including phenoxy) is 1. The van der Waals surface area contributed by atoms with E-state index in [4.69, 9.17) is 4.74 Å². The van der Waals surface area contributed by atoms with Gasteiger partial charge in [-0.15, -0.1) is 0 Å². The fraction of sp³-hybridized carbons (Fsp3) is 1.00. The molecule has 1 saturated heterocycles. The van der Waals surface area contributed by atoms with Crippen molar-refractivity contribution >= 4 is 0 Å². The molecule has 4 nitrogen and oxygen atoms in total. The summed E-state index contributed by atoms with van der Waals surface area (Å²) in [6, 6.07) is 0.406. The lowest BCUT2D eigenvalue weighted by Gasteiger charge is -2.32. The van der Waals surface area contributed by atoms with Gasteiger partial charge in [0, 0.05) is 31.3 Å². The minimum absolute atomic E-state index is 0.151. The number of aliphatic hydroxyl groups excluding tert-OH is 1. The van der Waals surface area contributed by atoms with Gasteiger partial charge in [-0.1, -0.05) is 13.8 Å². The molecule has 2 atom stereocenters. The zero-order valence-corrected chi connectivity index (χ0v) is 13.1. The second-order valence-electron chi connectivity index (χ2n) is 6.46. The predicted molar refractivity (Wildman–Crippen MR) is 79.5 cm³/mol. The topological polar surface area (TPSA) is 44.7 Å². The molecule has 114 valence electrons. The molecule has 0 bridgehead atoms. The molecule has 4 heteroatoms. The molecule has 0 aromatic carbocycles. The smallest absolute Gasteiger partial charge is 0.0673 e. The van der Waals surface area contributed by atoms with E-state index in [2.05, 4.69) is 37.9 Å². The Morgan fingerprint density at radius 2 is 2.21 bits per heavy atom. The van der Waals surface area contributed by atoms with Crippen LogP contribution in [0.3, 0.4) is 0 Å².